The van der Waals surface area contributed by atoms with Gasteiger partial charge in [-0.15, -0.1) is 0 Å². The first-order valence-corrected chi connectivity index (χ1v) is 11.9. The first-order chi connectivity index (χ1) is 17.2. The highest BCUT2D eigenvalue weighted by molar-refractivity contribution is 5.96. The first-order valence-electron chi connectivity index (χ1n) is 11.9. The normalized spacial score (nSPS) is 14.0. The molecule has 0 spiro atoms. The lowest BCUT2D eigenvalue weighted by Crippen LogP contribution is -2.45. The maximum absolute atomic E-state index is 13.7. The molecule has 0 unspecified atom stereocenters. The van der Waals surface area contributed by atoms with E-state index in [9.17, 15) is 19.5 Å². The molecule has 1 amide bonds. The Bertz CT molecular complexity index is 1360. The minimum atomic E-state index is -1.30. The van der Waals surface area contributed by atoms with Crippen LogP contribution in [0.25, 0.3) is 5.69 Å². The predicted octanol–water partition coefficient (Wildman–Crippen LogP) is 2.85. The van der Waals surface area contributed by atoms with E-state index in [1.54, 1.807) is 30.5 Å². The molecule has 1 aliphatic heterocycles. The highest BCUT2D eigenvalue weighted by Gasteiger charge is 2.25. The molecule has 3 N–H and O–H groups in total. The van der Waals surface area contributed by atoms with Crippen molar-refractivity contribution in [2.45, 2.75) is 13.8 Å². The molecule has 1 aromatic heterocycles. The third kappa shape index (κ3) is 4.70. The Morgan fingerprint density at radius 2 is 1.69 bits per heavy atom. The van der Waals surface area contributed by atoms with Gasteiger partial charge in [0.25, 0.3) is 5.56 Å². The number of benzene rings is 2. The molecule has 1 fully saturated rings. The third-order valence-electron chi connectivity index (χ3n) is 6.66. The number of para-hydroxylation sites is 1. The quantitative estimate of drug-likeness (QED) is 0.525. The number of aryl methyl sites for hydroxylation is 1. The number of aromatic nitrogens is 1. The third-order valence-corrected chi connectivity index (χ3v) is 6.66. The summed E-state index contributed by atoms with van der Waals surface area (Å²) >= 11 is 0. The minimum absolute atomic E-state index is 0.314. The van der Waals surface area contributed by atoms with Gasteiger partial charge in [0.2, 0.25) is 5.91 Å². The van der Waals surface area contributed by atoms with Crippen LogP contribution in [0.5, 0.6) is 0 Å². The molecular weight excluding hydrogens is 458 g/mol. The Hall–Kier alpha value is -4.11. The smallest absolute Gasteiger partial charge is 0.343 e. The van der Waals surface area contributed by atoms with Crippen LogP contribution in [-0.2, 0) is 0 Å². The average molecular weight is 490 g/mol. The van der Waals surface area contributed by atoms with E-state index in [2.05, 4.69) is 9.80 Å². The number of hydrogen-bond acceptors (Lipinski definition) is 6. The average Bonchev–Trinajstić information content (AvgIpc) is 2.85. The monoisotopic (exact) mass is 489 g/mol. The van der Waals surface area contributed by atoms with E-state index in [1.807, 2.05) is 50.1 Å². The van der Waals surface area contributed by atoms with Gasteiger partial charge in [-0.2, -0.15) is 0 Å². The van der Waals surface area contributed by atoms with Crippen molar-refractivity contribution >= 4 is 28.9 Å². The highest BCUT2D eigenvalue weighted by atomic mass is 16.4. The number of amides is 1. The molecule has 2 heterocycles. The summed E-state index contributed by atoms with van der Waals surface area (Å²) in [7, 11) is 2.04. The number of pyridine rings is 1. The molecule has 9 heteroatoms. The van der Waals surface area contributed by atoms with E-state index in [-0.39, 0.29) is 5.56 Å². The molecule has 0 bridgehead atoms. The summed E-state index contributed by atoms with van der Waals surface area (Å²) in [5.41, 5.74) is 8.21. The van der Waals surface area contributed by atoms with E-state index in [0.29, 0.717) is 42.3 Å². The van der Waals surface area contributed by atoms with Crippen LogP contribution >= 0.6 is 0 Å². The number of primary amides is 1. The molecule has 0 aliphatic carbocycles. The number of carboxylic acid groups (broad SMARTS) is 1. The first kappa shape index (κ1) is 25.0. The van der Waals surface area contributed by atoms with Crippen molar-refractivity contribution in [2.24, 2.45) is 5.73 Å². The number of anilines is 3. The molecule has 1 aliphatic rings. The Kier molecular flexibility index (Phi) is 7.12. The predicted molar refractivity (Wildman–Crippen MR) is 141 cm³/mol. The van der Waals surface area contributed by atoms with Crippen LogP contribution in [-0.4, -0.2) is 66.2 Å². The summed E-state index contributed by atoms with van der Waals surface area (Å²) in [4.78, 5) is 44.2. The lowest BCUT2D eigenvalue weighted by atomic mass is 10.1. The molecular formula is C27H31N5O4. The Morgan fingerprint density at radius 1 is 1.00 bits per heavy atom. The van der Waals surface area contributed by atoms with Gasteiger partial charge in [0.15, 0.2) is 0 Å². The van der Waals surface area contributed by atoms with Gasteiger partial charge in [0, 0.05) is 50.2 Å². The number of aromatic carboxylic acids is 1. The fourth-order valence-corrected chi connectivity index (χ4v) is 4.66. The molecule has 9 nitrogen and oxygen atoms in total. The molecule has 36 heavy (non-hydrogen) atoms. The topological polar surface area (TPSA) is 112 Å². The fraction of sp³-hybridized carbons (Fsp3) is 0.296. The largest absolute Gasteiger partial charge is 0.477 e. The van der Waals surface area contributed by atoms with Crippen molar-refractivity contribution in [3.63, 3.8) is 0 Å². The maximum atomic E-state index is 13.7. The van der Waals surface area contributed by atoms with Crippen LogP contribution in [0.3, 0.4) is 0 Å². The molecule has 3 aromatic rings. The van der Waals surface area contributed by atoms with Crippen LogP contribution in [0, 0.1) is 6.92 Å². The zero-order chi connectivity index (χ0) is 26.0. The maximum Gasteiger partial charge on any atom is 0.343 e. The van der Waals surface area contributed by atoms with Gasteiger partial charge in [-0.25, -0.2) is 4.79 Å². The van der Waals surface area contributed by atoms with Crippen molar-refractivity contribution < 1.29 is 14.7 Å². The van der Waals surface area contributed by atoms with Crippen LogP contribution in [0.15, 0.2) is 59.5 Å². The van der Waals surface area contributed by atoms with Crippen LogP contribution < -0.4 is 21.1 Å². The van der Waals surface area contributed by atoms with Gasteiger partial charge >= 0.3 is 5.97 Å². The van der Waals surface area contributed by atoms with Crippen molar-refractivity contribution in [3.05, 3.63) is 81.8 Å². The van der Waals surface area contributed by atoms with Crippen LogP contribution in [0.4, 0.5) is 17.1 Å². The summed E-state index contributed by atoms with van der Waals surface area (Å²) in [6.07, 6.45) is 1.60. The fourth-order valence-electron chi connectivity index (χ4n) is 4.66. The number of carbonyl (C=O) groups is 2. The number of rotatable bonds is 7. The Balaban J connectivity index is 1.89. The lowest BCUT2D eigenvalue weighted by molar-refractivity contribution is 0.0695. The Labute approximate surface area is 210 Å². The van der Waals surface area contributed by atoms with Gasteiger partial charge < -0.3 is 25.5 Å². The van der Waals surface area contributed by atoms with Crippen molar-refractivity contribution in [3.8, 4) is 5.69 Å². The van der Waals surface area contributed by atoms with Crippen LogP contribution in [0.2, 0.25) is 0 Å². The van der Waals surface area contributed by atoms with E-state index in [4.69, 9.17) is 5.73 Å². The molecule has 2 aromatic carbocycles. The van der Waals surface area contributed by atoms with Crippen molar-refractivity contribution in [1.82, 2.24) is 9.47 Å². The van der Waals surface area contributed by atoms with Gasteiger partial charge in [-0.1, -0.05) is 18.2 Å². The molecule has 0 atom stereocenters. The van der Waals surface area contributed by atoms with Gasteiger partial charge in [0.05, 0.1) is 17.1 Å². The number of piperazine rings is 1. The summed E-state index contributed by atoms with van der Waals surface area (Å²) in [6, 6.07) is 14.2. The highest BCUT2D eigenvalue weighted by Crippen LogP contribution is 2.31. The van der Waals surface area contributed by atoms with Crippen molar-refractivity contribution in [2.75, 3.05) is 49.6 Å². The number of carboxylic acids is 1. The number of likely N-dealkylation sites (N-methyl/N-ethyl adjacent to an activating group) is 1. The van der Waals surface area contributed by atoms with Crippen molar-refractivity contribution in [1.29, 1.82) is 0 Å². The van der Waals surface area contributed by atoms with Gasteiger partial charge in [-0.3, -0.25) is 14.2 Å². The molecule has 4 rings (SSSR count). The summed E-state index contributed by atoms with van der Waals surface area (Å²) < 4.78 is 1.34. The summed E-state index contributed by atoms with van der Waals surface area (Å²) in [5.74, 6) is -1.87. The van der Waals surface area contributed by atoms with E-state index < -0.39 is 17.4 Å². The van der Waals surface area contributed by atoms with Gasteiger partial charge in [0.1, 0.15) is 5.56 Å². The molecule has 0 saturated carbocycles. The Morgan fingerprint density at radius 3 is 2.31 bits per heavy atom. The molecule has 188 valence electrons. The summed E-state index contributed by atoms with van der Waals surface area (Å²) in [6.45, 7) is 7.36. The summed E-state index contributed by atoms with van der Waals surface area (Å²) in [5, 5.41) is 10.1. The molecule has 1 saturated heterocycles. The standard InChI is InChI=1S/C27H31N5O4/c1-4-31(20-8-6-5-7-18(20)2)22-11-12-32(26(34)24(22)27(35)36)21-10-9-19(25(28)33)17-23(21)30-15-13-29(3)14-16-30/h5-12,17H,4,13-16H2,1-3H3,(H2,28,33)(H,35,36). The lowest BCUT2D eigenvalue weighted by Gasteiger charge is -2.35. The second-order valence-electron chi connectivity index (χ2n) is 8.95. The van der Waals surface area contributed by atoms with E-state index in [1.165, 1.54) is 4.57 Å². The number of nitrogens with two attached hydrogens (primary N) is 1. The van der Waals surface area contributed by atoms with E-state index >= 15 is 0 Å². The zero-order valence-corrected chi connectivity index (χ0v) is 20.8. The SMILES string of the molecule is CCN(c1ccccc1C)c1ccn(-c2ccc(C(N)=O)cc2N2CCN(C)CC2)c(=O)c1C(=O)O. The number of nitrogens with zero attached hydrogens (tertiary/aromatic N) is 4. The number of hydrogen-bond donors (Lipinski definition) is 2. The minimum Gasteiger partial charge on any atom is -0.477 e. The number of carbonyl (C=O) groups excluding carboxylic acids is 1. The van der Waals surface area contributed by atoms with Gasteiger partial charge in [-0.05, 0) is 56.8 Å². The van der Waals surface area contributed by atoms with E-state index in [0.717, 1.165) is 24.3 Å². The second kappa shape index (κ2) is 10.2. The zero-order valence-electron chi connectivity index (χ0n) is 20.8. The van der Waals surface area contributed by atoms with Crippen LogP contribution in [0.1, 0.15) is 33.2 Å². The molecule has 0 radical (unpaired) electrons. The second-order valence-corrected chi connectivity index (χ2v) is 8.95.